The Morgan fingerprint density at radius 3 is 2.63 bits per heavy atom. The first-order valence-corrected chi connectivity index (χ1v) is 7.16. The molecule has 0 aliphatic heterocycles. The van der Waals surface area contributed by atoms with Crippen molar-refractivity contribution in [2.45, 2.75) is 38.6 Å². The molecule has 0 fully saturated rings. The summed E-state index contributed by atoms with van der Waals surface area (Å²) < 4.78 is 1.99. The molecular weight excluding hydrogens is 258 g/mol. The highest BCUT2D eigenvalue weighted by atomic mass is 35.5. The van der Waals surface area contributed by atoms with E-state index in [0.717, 1.165) is 25.2 Å². The van der Waals surface area contributed by atoms with E-state index in [2.05, 4.69) is 36.1 Å². The summed E-state index contributed by atoms with van der Waals surface area (Å²) in [6, 6.07) is 10.2. The molecule has 0 aliphatic carbocycles. The largest absolute Gasteiger partial charge is 0.250 e. The number of nitrogens with zero attached hydrogens (tertiary/aromatic N) is 3. The summed E-state index contributed by atoms with van der Waals surface area (Å²) in [6.45, 7) is 5.27. The molecule has 0 bridgehead atoms. The summed E-state index contributed by atoms with van der Waals surface area (Å²) in [5.41, 5.74) is 1.17. The summed E-state index contributed by atoms with van der Waals surface area (Å²) in [5, 5.41) is 4.30. The number of aryl methyl sites for hydroxylation is 1. The molecule has 3 nitrogen and oxygen atoms in total. The minimum atomic E-state index is 0.0328. The van der Waals surface area contributed by atoms with Gasteiger partial charge in [0.05, 0.1) is 5.38 Å². The number of aromatic nitrogens is 3. The van der Waals surface area contributed by atoms with Crippen molar-refractivity contribution >= 4 is 11.6 Å². The number of halogens is 1. The van der Waals surface area contributed by atoms with Gasteiger partial charge in [-0.2, -0.15) is 5.10 Å². The Morgan fingerprint density at radius 1 is 1.21 bits per heavy atom. The molecule has 0 spiro atoms. The van der Waals surface area contributed by atoms with Crippen LogP contribution in [0.25, 0.3) is 0 Å². The van der Waals surface area contributed by atoms with Crippen molar-refractivity contribution in [3.63, 3.8) is 0 Å². The predicted octanol–water partition coefficient (Wildman–Crippen LogP) is 3.85. The zero-order chi connectivity index (χ0) is 13.7. The topological polar surface area (TPSA) is 30.7 Å². The van der Waals surface area contributed by atoms with E-state index in [0.29, 0.717) is 5.92 Å². The van der Waals surface area contributed by atoms with Crippen LogP contribution in [0.4, 0.5) is 0 Å². The fourth-order valence-corrected chi connectivity index (χ4v) is 2.32. The van der Waals surface area contributed by atoms with Crippen LogP contribution in [0.2, 0.25) is 0 Å². The van der Waals surface area contributed by atoms with E-state index in [1.807, 2.05) is 22.9 Å². The molecule has 1 unspecified atom stereocenters. The van der Waals surface area contributed by atoms with Gasteiger partial charge in [-0.05, 0) is 17.9 Å². The second-order valence-corrected chi connectivity index (χ2v) is 5.70. The van der Waals surface area contributed by atoms with Crippen LogP contribution in [0, 0.1) is 5.92 Å². The number of benzene rings is 1. The molecule has 0 amide bonds. The first-order chi connectivity index (χ1) is 9.16. The molecule has 2 rings (SSSR count). The lowest BCUT2D eigenvalue weighted by atomic mass is 10.1. The van der Waals surface area contributed by atoms with Crippen LogP contribution in [0.3, 0.4) is 0 Å². The van der Waals surface area contributed by atoms with E-state index in [9.17, 15) is 0 Å². The minimum Gasteiger partial charge on any atom is -0.250 e. The highest BCUT2D eigenvalue weighted by Crippen LogP contribution is 2.25. The molecule has 2 aromatic rings. The van der Waals surface area contributed by atoms with Crippen molar-refractivity contribution in [2.24, 2.45) is 5.92 Å². The molecule has 1 atom stereocenters. The van der Waals surface area contributed by atoms with Gasteiger partial charge in [-0.15, -0.1) is 11.6 Å². The monoisotopic (exact) mass is 277 g/mol. The second-order valence-electron chi connectivity index (χ2n) is 5.17. The summed E-state index contributed by atoms with van der Waals surface area (Å²) in [6.07, 6.45) is 3.36. The van der Waals surface area contributed by atoms with Gasteiger partial charge in [0, 0.05) is 13.0 Å². The fraction of sp³-hybridized carbons (Fsp3) is 0.467. The zero-order valence-electron chi connectivity index (χ0n) is 11.5. The second kappa shape index (κ2) is 6.71. The molecule has 1 heterocycles. The quantitative estimate of drug-likeness (QED) is 0.751. The normalized spacial score (nSPS) is 12.8. The molecule has 0 saturated carbocycles. The van der Waals surface area contributed by atoms with Gasteiger partial charge in [0.1, 0.15) is 12.2 Å². The summed E-state index contributed by atoms with van der Waals surface area (Å²) in [4.78, 5) is 4.33. The van der Waals surface area contributed by atoms with Gasteiger partial charge < -0.3 is 0 Å². The molecule has 0 radical (unpaired) electrons. The minimum absolute atomic E-state index is 0.0328. The molecule has 1 aromatic heterocycles. The van der Waals surface area contributed by atoms with Crippen molar-refractivity contribution in [3.05, 3.63) is 48.0 Å². The average Bonchev–Trinajstić information content (AvgIpc) is 2.83. The van der Waals surface area contributed by atoms with Crippen LogP contribution in [0.15, 0.2) is 36.7 Å². The summed E-state index contributed by atoms with van der Waals surface area (Å²) in [5.74, 6) is 1.59. The molecule has 1 aromatic carbocycles. The van der Waals surface area contributed by atoms with Crippen LogP contribution in [0.5, 0.6) is 0 Å². The molecule has 19 heavy (non-hydrogen) atoms. The summed E-state index contributed by atoms with van der Waals surface area (Å²) >= 11 is 6.42. The lowest BCUT2D eigenvalue weighted by molar-refractivity contribution is 0.463. The first-order valence-electron chi connectivity index (χ1n) is 6.72. The van der Waals surface area contributed by atoms with Crippen molar-refractivity contribution in [3.8, 4) is 0 Å². The third kappa shape index (κ3) is 4.06. The number of hydrogen-bond acceptors (Lipinski definition) is 2. The van der Waals surface area contributed by atoms with E-state index in [-0.39, 0.29) is 5.38 Å². The Hall–Kier alpha value is -1.35. The van der Waals surface area contributed by atoms with Gasteiger partial charge in [-0.3, -0.25) is 0 Å². The van der Waals surface area contributed by atoms with E-state index < -0.39 is 0 Å². The van der Waals surface area contributed by atoms with Crippen LogP contribution >= 0.6 is 11.6 Å². The van der Waals surface area contributed by atoms with Gasteiger partial charge in [0.15, 0.2) is 0 Å². The molecule has 102 valence electrons. The van der Waals surface area contributed by atoms with Gasteiger partial charge in [-0.25, -0.2) is 9.67 Å². The third-order valence-electron chi connectivity index (χ3n) is 3.02. The van der Waals surface area contributed by atoms with Crippen molar-refractivity contribution in [1.29, 1.82) is 0 Å². The van der Waals surface area contributed by atoms with Crippen LogP contribution in [-0.2, 0) is 13.0 Å². The maximum atomic E-state index is 6.42. The van der Waals surface area contributed by atoms with E-state index in [1.54, 1.807) is 6.33 Å². The smallest absolute Gasteiger partial charge is 0.138 e. The lowest BCUT2D eigenvalue weighted by Crippen LogP contribution is -2.11. The van der Waals surface area contributed by atoms with Crippen LogP contribution in [0.1, 0.15) is 37.0 Å². The molecular formula is C15H20ClN3. The maximum Gasteiger partial charge on any atom is 0.138 e. The molecule has 0 saturated heterocycles. The highest BCUT2D eigenvalue weighted by molar-refractivity contribution is 6.20. The Kier molecular flexibility index (Phi) is 4.97. The highest BCUT2D eigenvalue weighted by Gasteiger charge is 2.11. The van der Waals surface area contributed by atoms with Crippen LogP contribution in [-0.4, -0.2) is 14.8 Å². The zero-order valence-corrected chi connectivity index (χ0v) is 12.2. The third-order valence-corrected chi connectivity index (χ3v) is 3.49. The molecule has 0 N–H and O–H groups in total. The SMILES string of the molecule is CC(C)Cn1ncnc1CCC(Cl)c1ccccc1. The number of alkyl halides is 1. The van der Waals surface area contributed by atoms with E-state index in [1.165, 1.54) is 5.56 Å². The molecule has 0 aliphatic rings. The van der Waals surface area contributed by atoms with Crippen molar-refractivity contribution in [1.82, 2.24) is 14.8 Å². The standard InChI is InChI=1S/C15H20ClN3/c1-12(2)10-19-15(17-11-18-19)9-8-14(16)13-6-4-3-5-7-13/h3-7,11-12,14H,8-10H2,1-2H3. The van der Waals surface area contributed by atoms with Gasteiger partial charge >= 0.3 is 0 Å². The number of rotatable bonds is 6. The first kappa shape index (κ1) is 14.1. The van der Waals surface area contributed by atoms with Gasteiger partial charge in [-0.1, -0.05) is 44.2 Å². The van der Waals surface area contributed by atoms with E-state index in [4.69, 9.17) is 11.6 Å². The van der Waals surface area contributed by atoms with Gasteiger partial charge in [0.25, 0.3) is 0 Å². The average molecular weight is 278 g/mol. The Morgan fingerprint density at radius 2 is 1.95 bits per heavy atom. The van der Waals surface area contributed by atoms with Crippen LogP contribution < -0.4 is 0 Å². The number of hydrogen-bond donors (Lipinski definition) is 0. The Balaban J connectivity index is 1.94. The predicted molar refractivity (Wildman–Crippen MR) is 78.2 cm³/mol. The Bertz CT molecular complexity index is 493. The van der Waals surface area contributed by atoms with Crippen molar-refractivity contribution in [2.75, 3.05) is 0 Å². The lowest BCUT2D eigenvalue weighted by Gasteiger charge is -2.11. The van der Waals surface area contributed by atoms with Crippen molar-refractivity contribution < 1.29 is 0 Å². The maximum absolute atomic E-state index is 6.42. The van der Waals surface area contributed by atoms with Gasteiger partial charge in [0.2, 0.25) is 0 Å². The Labute approximate surface area is 119 Å². The fourth-order valence-electron chi connectivity index (χ4n) is 2.06. The van der Waals surface area contributed by atoms with E-state index >= 15 is 0 Å². The molecule has 4 heteroatoms. The summed E-state index contributed by atoms with van der Waals surface area (Å²) in [7, 11) is 0.